The average molecular weight is 557 g/mol. The maximum atomic E-state index is 13.1. The number of morpholine rings is 1. The van der Waals surface area contributed by atoms with Crippen LogP contribution in [0.3, 0.4) is 0 Å². The number of hydrogen-bond acceptors (Lipinski definition) is 7. The number of nitrogens with zero attached hydrogens (tertiary/aromatic N) is 3. The smallest absolute Gasteiger partial charge is 0.251 e. The van der Waals surface area contributed by atoms with E-state index in [1.54, 1.807) is 41.3 Å². The van der Waals surface area contributed by atoms with Crippen LogP contribution in [0.2, 0.25) is 5.02 Å². The van der Waals surface area contributed by atoms with Crippen LogP contribution < -0.4 is 20.9 Å². The topological polar surface area (TPSA) is 133 Å². The summed E-state index contributed by atoms with van der Waals surface area (Å²) in [7, 11) is 0. The number of rotatable bonds is 10. The summed E-state index contributed by atoms with van der Waals surface area (Å²) in [5.74, 6) is -1.11. The third-order valence-electron chi connectivity index (χ3n) is 6.60. The molecule has 4 amide bonds. The van der Waals surface area contributed by atoms with Gasteiger partial charge < -0.3 is 25.6 Å². The highest BCUT2D eigenvalue weighted by Gasteiger charge is 2.25. The van der Waals surface area contributed by atoms with E-state index in [2.05, 4.69) is 25.8 Å². The van der Waals surface area contributed by atoms with Crippen LogP contribution in [0.25, 0.3) is 0 Å². The summed E-state index contributed by atoms with van der Waals surface area (Å²) in [6.07, 6.45) is 3.44. The van der Waals surface area contributed by atoms with Gasteiger partial charge in [0.25, 0.3) is 5.91 Å². The van der Waals surface area contributed by atoms with Crippen molar-refractivity contribution in [2.24, 2.45) is 0 Å². The third kappa shape index (κ3) is 8.47. The SMILES string of the molecule is O=C(CC(NC(=O)c1ccc(N2CCCCC2=O)cc1)C(=O)NCCN1CCOCC1)Nc1ccc(Cl)cn1. The molecule has 2 aliphatic rings. The number of piperidine rings is 1. The Balaban J connectivity index is 1.39. The van der Waals surface area contributed by atoms with E-state index in [-0.39, 0.29) is 18.1 Å². The quantitative estimate of drug-likeness (QED) is 0.406. The van der Waals surface area contributed by atoms with Gasteiger partial charge in [0.15, 0.2) is 0 Å². The molecule has 4 rings (SSSR count). The monoisotopic (exact) mass is 556 g/mol. The molecule has 2 aliphatic heterocycles. The number of anilines is 2. The zero-order chi connectivity index (χ0) is 27.6. The fourth-order valence-corrected chi connectivity index (χ4v) is 4.55. The first-order valence-corrected chi connectivity index (χ1v) is 13.5. The van der Waals surface area contributed by atoms with Gasteiger partial charge in [0.1, 0.15) is 11.9 Å². The highest BCUT2D eigenvalue weighted by Crippen LogP contribution is 2.21. The third-order valence-corrected chi connectivity index (χ3v) is 6.83. The van der Waals surface area contributed by atoms with Crippen LogP contribution in [0.1, 0.15) is 36.0 Å². The van der Waals surface area contributed by atoms with Gasteiger partial charge in [0.2, 0.25) is 17.7 Å². The van der Waals surface area contributed by atoms with E-state index in [0.717, 1.165) is 31.6 Å². The fraction of sp³-hybridized carbons (Fsp3) is 0.444. The molecule has 0 radical (unpaired) electrons. The van der Waals surface area contributed by atoms with Crippen molar-refractivity contribution in [3.63, 3.8) is 0 Å². The lowest BCUT2D eigenvalue weighted by atomic mass is 10.1. The molecule has 1 aromatic heterocycles. The van der Waals surface area contributed by atoms with E-state index in [0.29, 0.717) is 49.9 Å². The number of nitrogens with one attached hydrogen (secondary N) is 3. The second kappa shape index (κ2) is 14.0. The second-order valence-electron chi connectivity index (χ2n) is 9.43. The largest absolute Gasteiger partial charge is 0.379 e. The Morgan fingerprint density at radius 2 is 1.79 bits per heavy atom. The predicted octanol–water partition coefficient (Wildman–Crippen LogP) is 1.83. The zero-order valence-corrected chi connectivity index (χ0v) is 22.4. The van der Waals surface area contributed by atoms with E-state index in [1.807, 2.05) is 0 Å². The molecule has 0 aliphatic carbocycles. The van der Waals surface area contributed by atoms with Gasteiger partial charge in [-0.25, -0.2) is 4.98 Å². The minimum atomic E-state index is -1.11. The molecule has 3 heterocycles. The van der Waals surface area contributed by atoms with Gasteiger partial charge in [-0.3, -0.25) is 24.1 Å². The Labute approximate surface area is 232 Å². The predicted molar refractivity (Wildman–Crippen MR) is 147 cm³/mol. The molecule has 1 atom stereocenters. The maximum Gasteiger partial charge on any atom is 0.251 e. The van der Waals surface area contributed by atoms with Crippen LogP contribution in [0.5, 0.6) is 0 Å². The molecule has 208 valence electrons. The summed E-state index contributed by atoms with van der Waals surface area (Å²) in [6.45, 7) is 4.51. The van der Waals surface area contributed by atoms with Crippen molar-refractivity contribution in [2.45, 2.75) is 31.7 Å². The van der Waals surface area contributed by atoms with Gasteiger partial charge >= 0.3 is 0 Å². The standard InChI is InChI=1S/C27H33ClN6O5/c28-20-6-9-23(30-18-20)32-24(35)17-22(27(38)29-10-12-33-13-15-39-16-14-33)31-26(37)19-4-7-21(8-5-19)34-11-2-1-3-25(34)36/h4-9,18,22H,1-3,10-17H2,(H,29,38)(H,31,37)(H,30,32,35). The van der Waals surface area contributed by atoms with Crippen molar-refractivity contribution in [3.8, 4) is 0 Å². The number of aromatic nitrogens is 1. The highest BCUT2D eigenvalue weighted by molar-refractivity contribution is 6.30. The summed E-state index contributed by atoms with van der Waals surface area (Å²) >= 11 is 5.85. The van der Waals surface area contributed by atoms with Gasteiger partial charge in [-0.2, -0.15) is 0 Å². The van der Waals surface area contributed by atoms with Crippen molar-refractivity contribution < 1.29 is 23.9 Å². The highest BCUT2D eigenvalue weighted by atomic mass is 35.5. The summed E-state index contributed by atoms with van der Waals surface area (Å²) in [6, 6.07) is 8.67. The van der Waals surface area contributed by atoms with Crippen LogP contribution >= 0.6 is 11.6 Å². The molecule has 1 aromatic carbocycles. The van der Waals surface area contributed by atoms with E-state index in [4.69, 9.17) is 16.3 Å². The van der Waals surface area contributed by atoms with Crippen molar-refractivity contribution in [3.05, 3.63) is 53.2 Å². The van der Waals surface area contributed by atoms with Gasteiger partial charge in [-0.1, -0.05) is 11.6 Å². The molecule has 1 unspecified atom stereocenters. The summed E-state index contributed by atoms with van der Waals surface area (Å²) < 4.78 is 5.34. The van der Waals surface area contributed by atoms with Crippen molar-refractivity contribution in [2.75, 3.05) is 56.2 Å². The molecule has 39 heavy (non-hydrogen) atoms. The molecular weight excluding hydrogens is 524 g/mol. The number of carbonyl (C=O) groups excluding carboxylic acids is 4. The first-order chi connectivity index (χ1) is 18.9. The van der Waals surface area contributed by atoms with Crippen LogP contribution in [-0.2, 0) is 19.1 Å². The summed E-state index contributed by atoms with van der Waals surface area (Å²) in [5, 5.41) is 8.56. The molecule has 2 saturated heterocycles. The number of hydrogen-bond donors (Lipinski definition) is 3. The molecule has 2 fully saturated rings. The van der Waals surface area contributed by atoms with Gasteiger partial charge in [-0.15, -0.1) is 0 Å². The lowest BCUT2D eigenvalue weighted by Crippen LogP contribution is -2.50. The fourth-order valence-electron chi connectivity index (χ4n) is 4.44. The zero-order valence-electron chi connectivity index (χ0n) is 21.7. The minimum absolute atomic E-state index is 0.0634. The summed E-state index contributed by atoms with van der Waals surface area (Å²) in [4.78, 5) is 59.0. The van der Waals surface area contributed by atoms with E-state index in [9.17, 15) is 19.2 Å². The van der Waals surface area contributed by atoms with Crippen molar-refractivity contribution in [1.82, 2.24) is 20.5 Å². The van der Waals surface area contributed by atoms with Crippen molar-refractivity contribution >= 4 is 46.7 Å². The van der Waals surface area contributed by atoms with Gasteiger partial charge in [0, 0.05) is 56.6 Å². The molecule has 0 saturated carbocycles. The van der Waals surface area contributed by atoms with E-state index >= 15 is 0 Å². The molecule has 11 nitrogen and oxygen atoms in total. The van der Waals surface area contributed by atoms with Crippen LogP contribution in [0.15, 0.2) is 42.6 Å². The Kier molecular flexibility index (Phi) is 10.2. The minimum Gasteiger partial charge on any atom is -0.379 e. The Hall–Kier alpha value is -3.54. The molecule has 12 heteroatoms. The number of carbonyl (C=O) groups is 4. The number of ether oxygens (including phenoxy) is 1. The Morgan fingerprint density at radius 1 is 1.03 bits per heavy atom. The Bertz CT molecular complexity index is 1150. The van der Waals surface area contributed by atoms with Crippen LogP contribution in [-0.4, -0.2) is 85.5 Å². The molecule has 0 spiro atoms. The van der Waals surface area contributed by atoms with Gasteiger partial charge in [-0.05, 0) is 49.2 Å². The van der Waals surface area contributed by atoms with E-state index in [1.165, 1.54) is 6.20 Å². The van der Waals surface area contributed by atoms with Gasteiger partial charge in [0.05, 0.1) is 24.7 Å². The second-order valence-corrected chi connectivity index (χ2v) is 9.87. The average Bonchev–Trinajstić information content (AvgIpc) is 2.95. The van der Waals surface area contributed by atoms with Crippen molar-refractivity contribution in [1.29, 1.82) is 0 Å². The number of pyridine rings is 1. The number of benzene rings is 1. The first-order valence-electron chi connectivity index (χ1n) is 13.1. The van der Waals surface area contributed by atoms with Crippen LogP contribution in [0, 0.1) is 0 Å². The van der Waals surface area contributed by atoms with Crippen LogP contribution in [0.4, 0.5) is 11.5 Å². The number of amides is 4. The molecule has 2 aromatic rings. The maximum absolute atomic E-state index is 13.1. The lowest BCUT2D eigenvalue weighted by Gasteiger charge is -2.27. The molecule has 3 N–H and O–H groups in total. The molecule has 0 bridgehead atoms. The van der Waals surface area contributed by atoms with E-state index < -0.39 is 23.8 Å². The molecular formula is C27H33ClN6O5. The lowest BCUT2D eigenvalue weighted by molar-refractivity contribution is -0.126. The first kappa shape index (κ1) is 28.5. The number of halogens is 1. The normalized spacial score (nSPS) is 16.8. The summed E-state index contributed by atoms with van der Waals surface area (Å²) in [5.41, 5.74) is 1.04. The Morgan fingerprint density at radius 3 is 2.49 bits per heavy atom.